The Kier molecular flexibility index (Phi) is 5.18. The lowest BCUT2D eigenvalue weighted by Crippen LogP contribution is -2.44. The molecular weight excluding hydrogens is 380 g/mol. The second-order valence-electron chi connectivity index (χ2n) is 6.51. The van der Waals surface area contributed by atoms with Gasteiger partial charge in [-0.1, -0.05) is 12.1 Å². The summed E-state index contributed by atoms with van der Waals surface area (Å²) >= 11 is 0. The first kappa shape index (κ1) is 18.7. The van der Waals surface area contributed by atoms with Crippen molar-refractivity contribution < 1.29 is 8.42 Å². The van der Waals surface area contributed by atoms with E-state index in [0.717, 1.165) is 13.0 Å². The van der Waals surface area contributed by atoms with Gasteiger partial charge in [0, 0.05) is 25.3 Å². The predicted molar refractivity (Wildman–Crippen MR) is 109 cm³/mol. The number of nitrogens with one attached hydrogen (secondary N) is 3. The third-order valence-electron chi connectivity index (χ3n) is 4.59. The predicted octanol–water partition coefficient (Wildman–Crippen LogP) is 1.59. The Morgan fingerprint density at radius 2 is 1.82 bits per heavy atom. The molecule has 2 aliphatic rings. The Morgan fingerprint density at radius 1 is 1.04 bits per heavy atom. The Morgan fingerprint density at radius 3 is 2.64 bits per heavy atom. The van der Waals surface area contributed by atoms with Crippen molar-refractivity contribution in [1.82, 2.24) is 15.0 Å². The van der Waals surface area contributed by atoms with Crippen molar-refractivity contribution in [3.63, 3.8) is 0 Å². The van der Waals surface area contributed by atoms with Crippen LogP contribution in [0.2, 0.25) is 0 Å². The molecule has 0 aliphatic carbocycles. The van der Waals surface area contributed by atoms with Gasteiger partial charge in [0.05, 0.1) is 16.3 Å². The number of para-hydroxylation sites is 2. The van der Waals surface area contributed by atoms with Crippen molar-refractivity contribution in [1.29, 1.82) is 0 Å². The molecule has 2 aromatic carbocycles. The highest BCUT2D eigenvalue weighted by Crippen LogP contribution is 2.29. The molecule has 1 saturated heterocycles. The van der Waals surface area contributed by atoms with Crippen LogP contribution < -0.4 is 21.2 Å². The van der Waals surface area contributed by atoms with Gasteiger partial charge >= 0.3 is 0 Å². The fraction of sp³-hybridized carbons (Fsp3) is 0.278. The maximum Gasteiger partial charge on any atom is 0.243 e. The van der Waals surface area contributed by atoms with Gasteiger partial charge in [-0.25, -0.2) is 13.4 Å². The smallest absolute Gasteiger partial charge is 0.243 e. The van der Waals surface area contributed by atoms with Gasteiger partial charge in [0.25, 0.3) is 0 Å². The number of sulfonamides is 1. The topological polar surface area (TPSA) is 112 Å². The van der Waals surface area contributed by atoms with E-state index in [2.05, 4.69) is 21.1 Å². The number of nitrogens with zero attached hydrogens (tertiary/aromatic N) is 3. The van der Waals surface area contributed by atoms with Gasteiger partial charge in [0.15, 0.2) is 0 Å². The van der Waals surface area contributed by atoms with Crippen molar-refractivity contribution in [2.45, 2.75) is 11.3 Å². The lowest BCUT2D eigenvalue weighted by Gasteiger charge is -2.36. The van der Waals surface area contributed by atoms with E-state index in [1.807, 2.05) is 0 Å². The van der Waals surface area contributed by atoms with Crippen LogP contribution in [0.5, 0.6) is 0 Å². The first-order valence-electron chi connectivity index (χ1n) is 9.04. The van der Waals surface area contributed by atoms with E-state index < -0.39 is 10.0 Å². The number of rotatable bonds is 3. The highest BCUT2D eigenvalue weighted by atomic mass is 32.2. The van der Waals surface area contributed by atoms with E-state index in [0.29, 0.717) is 41.9 Å². The Hall–Kier alpha value is -2.66. The fourth-order valence-electron chi connectivity index (χ4n) is 3.15. The molecule has 148 valence electrons. The van der Waals surface area contributed by atoms with Gasteiger partial charge in [0.2, 0.25) is 16.0 Å². The van der Waals surface area contributed by atoms with Crippen LogP contribution in [0.1, 0.15) is 6.42 Å². The van der Waals surface area contributed by atoms with Crippen molar-refractivity contribution in [3.8, 4) is 0 Å². The molecule has 4 rings (SSSR count). The van der Waals surface area contributed by atoms with Crippen molar-refractivity contribution in [2.24, 2.45) is 4.99 Å². The zero-order valence-corrected chi connectivity index (χ0v) is 15.9. The number of guanidine groups is 1. The molecule has 1 fully saturated rings. The molecule has 9 nitrogen and oxygen atoms in total. The van der Waals surface area contributed by atoms with Gasteiger partial charge in [0.1, 0.15) is 0 Å². The molecule has 28 heavy (non-hydrogen) atoms. The maximum absolute atomic E-state index is 12.8. The zero-order chi connectivity index (χ0) is 19.6. The summed E-state index contributed by atoms with van der Waals surface area (Å²) in [5, 5.41) is 18.9. The molecule has 0 unspecified atom stereocenters. The van der Waals surface area contributed by atoms with Crippen LogP contribution in [-0.4, -0.2) is 44.9 Å². The average molecular weight is 401 g/mol. The van der Waals surface area contributed by atoms with E-state index in [4.69, 9.17) is 0 Å². The molecule has 0 atom stereocenters. The summed E-state index contributed by atoms with van der Waals surface area (Å²) in [4.78, 5) is 4.61. The largest absolute Gasteiger partial charge is 0.739 e. The number of hydrogen-bond donors (Lipinski definition) is 3. The minimum Gasteiger partial charge on any atom is -0.739 e. The molecule has 0 radical (unpaired) electrons. The van der Waals surface area contributed by atoms with E-state index in [1.165, 1.54) is 4.31 Å². The van der Waals surface area contributed by atoms with E-state index >= 15 is 0 Å². The molecular formula is C18H21N6O3S-. The van der Waals surface area contributed by atoms with Crippen LogP contribution in [0.4, 0.5) is 17.1 Å². The quantitative estimate of drug-likeness (QED) is 0.716. The molecule has 0 saturated carbocycles. The van der Waals surface area contributed by atoms with Gasteiger partial charge in [-0.3, -0.25) is 5.43 Å². The third-order valence-corrected chi connectivity index (χ3v) is 6.51. The number of hydrazine groups is 1. The number of aliphatic imine (C=N–C) groups is 1. The van der Waals surface area contributed by atoms with Crippen LogP contribution in [-0.2, 0) is 10.0 Å². The van der Waals surface area contributed by atoms with Crippen LogP contribution in [0.25, 0.3) is 0 Å². The Balaban J connectivity index is 1.50. The molecule has 2 aliphatic heterocycles. The first-order chi connectivity index (χ1) is 13.5. The normalized spacial score (nSPS) is 17.9. The molecule has 2 heterocycles. The van der Waals surface area contributed by atoms with Crippen molar-refractivity contribution in [2.75, 3.05) is 36.7 Å². The lowest BCUT2D eigenvalue weighted by molar-refractivity contribution is 0.432. The molecule has 0 bridgehead atoms. The highest BCUT2D eigenvalue weighted by Gasteiger charge is 2.25. The fourth-order valence-corrected chi connectivity index (χ4v) is 4.62. The second kappa shape index (κ2) is 7.76. The van der Waals surface area contributed by atoms with Gasteiger partial charge in [-0.05, 0) is 49.4 Å². The van der Waals surface area contributed by atoms with Crippen molar-refractivity contribution >= 4 is 33.0 Å². The van der Waals surface area contributed by atoms with Crippen LogP contribution in [0.15, 0.2) is 58.4 Å². The standard InChI is InChI=1S/C18H21N6O3S/c25-24-17-5-2-1-4-16(17)21-18(22-24)20-14-6-8-15(9-7-14)28(26,27)23-12-3-10-19-11-13-23/h1-2,4-9,19H,3,10-13H2,(H2,20,21,22)/q-1. The molecule has 3 N–H and O–H groups in total. The van der Waals surface area contributed by atoms with Gasteiger partial charge < -0.3 is 21.0 Å². The first-order valence-corrected chi connectivity index (χ1v) is 10.5. The second-order valence-corrected chi connectivity index (χ2v) is 8.45. The SMILES string of the molecule is O=S(=O)(c1ccc(NC2=Nc3ccccc3N([O-])N2)cc1)N1CCCNCC1. The summed E-state index contributed by atoms with van der Waals surface area (Å²) in [7, 11) is -3.52. The molecule has 0 spiro atoms. The number of hydrogen-bond acceptors (Lipinski definition) is 8. The zero-order valence-electron chi connectivity index (χ0n) is 15.1. The summed E-state index contributed by atoms with van der Waals surface area (Å²) in [6.07, 6.45) is 0.789. The van der Waals surface area contributed by atoms with E-state index in [-0.39, 0.29) is 10.9 Å². The lowest BCUT2D eigenvalue weighted by atomic mass is 10.2. The molecule has 10 heteroatoms. The Labute approximate surface area is 163 Å². The third kappa shape index (κ3) is 3.80. The Bertz CT molecular complexity index is 969. The maximum atomic E-state index is 12.8. The summed E-state index contributed by atoms with van der Waals surface area (Å²) in [6.45, 7) is 2.44. The number of fused-ring (bicyclic) bond motifs is 1. The number of benzene rings is 2. The minimum atomic E-state index is -3.52. The average Bonchev–Trinajstić information content (AvgIpc) is 2.99. The van der Waals surface area contributed by atoms with E-state index in [1.54, 1.807) is 48.5 Å². The van der Waals surface area contributed by atoms with E-state index in [9.17, 15) is 13.6 Å². The summed E-state index contributed by atoms with van der Waals surface area (Å²) in [5.41, 5.74) is 4.21. The van der Waals surface area contributed by atoms with Crippen LogP contribution in [0, 0.1) is 5.21 Å². The minimum absolute atomic E-state index is 0.245. The van der Waals surface area contributed by atoms with Crippen LogP contribution in [0.3, 0.4) is 0 Å². The van der Waals surface area contributed by atoms with Gasteiger partial charge in [-0.2, -0.15) is 4.31 Å². The highest BCUT2D eigenvalue weighted by molar-refractivity contribution is 7.89. The molecule has 0 amide bonds. The van der Waals surface area contributed by atoms with Crippen LogP contribution >= 0.6 is 0 Å². The molecule has 2 aromatic rings. The summed E-state index contributed by atoms with van der Waals surface area (Å²) in [5.74, 6) is 0.267. The van der Waals surface area contributed by atoms with Crippen molar-refractivity contribution in [3.05, 3.63) is 53.7 Å². The summed E-state index contributed by atoms with van der Waals surface area (Å²) in [6, 6.07) is 13.4. The number of anilines is 2. The molecule has 0 aromatic heterocycles. The monoisotopic (exact) mass is 401 g/mol. The summed E-state index contributed by atoms with van der Waals surface area (Å²) < 4.78 is 27.1. The van der Waals surface area contributed by atoms with Gasteiger partial charge in [-0.15, -0.1) is 0 Å².